The third-order valence-corrected chi connectivity index (χ3v) is 3.74. The number of aromatic carboxylic acids is 1. The lowest BCUT2D eigenvalue weighted by atomic mass is 10.1. The van der Waals surface area contributed by atoms with Crippen LogP contribution in [0.4, 0.5) is 15.8 Å². The molecule has 0 radical (unpaired) electrons. The molecule has 1 aromatic carbocycles. The van der Waals surface area contributed by atoms with Gasteiger partial charge in [0.05, 0.1) is 16.6 Å². The van der Waals surface area contributed by atoms with Crippen molar-refractivity contribution >= 4 is 17.3 Å². The van der Waals surface area contributed by atoms with Crippen LogP contribution in [0.1, 0.15) is 36.0 Å². The van der Waals surface area contributed by atoms with E-state index in [2.05, 4.69) is 0 Å². The second-order valence-corrected chi connectivity index (χ2v) is 4.93. The summed E-state index contributed by atoms with van der Waals surface area (Å²) in [7, 11) is 1.68. The Labute approximate surface area is 115 Å². The molecule has 0 unspecified atom stereocenters. The molecule has 0 amide bonds. The molecule has 2 rings (SSSR count). The molecule has 1 fully saturated rings. The van der Waals surface area contributed by atoms with Crippen molar-refractivity contribution in [2.24, 2.45) is 0 Å². The van der Waals surface area contributed by atoms with Crippen LogP contribution in [-0.4, -0.2) is 29.1 Å². The van der Waals surface area contributed by atoms with Crippen LogP contribution < -0.4 is 4.90 Å². The standard InChI is InChI=1S/C13H15FN2O4/c1-15(8-4-2-3-5-8)11-6-9(13(17)18)10(14)7-12(11)16(19)20/h6-8H,2-5H2,1H3,(H,17,18). The summed E-state index contributed by atoms with van der Waals surface area (Å²) in [6.45, 7) is 0. The van der Waals surface area contributed by atoms with Crippen molar-refractivity contribution in [3.8, 4) is 0 Å². The number of nitro benzene ring substituents is 1. The van der Waals surface area contributed by atoms with Gasteiger partial charge in [-0.2, -0.15) is 0 Å². The first kappa shape index (κ1) is 14.2. The van der Waals surface area contributed by atoms with Gasteiger partial charge in [0.1, 0.15) is 11.5 Å². The van der Waals surface area contributed by atoms with Gasteiger partial charge in [0.15, 0.2) is 0 Å². The van der Waals surface area contributed by atoms with E-state index in [-0.39, 0.29) is 11.7 Å². The maximum absolute atomic E-state index is 13.6. The van der Waals surface area contributed by atoms with Gasteiger partial charge in [0.2, 0.25) is 0 Å². The zero-order valence-electron chi connectivity index (χ0n) is 11.0. The van der Waals surface area contributed by atoms with Gasteiger partial charge >= 0.3 is 5.97 Å². The Hall–Kier alpha value is -2.18. The van der Waals surface area contributed by atoms with Crippen molar-refractivity contribution in [3.05, 3.63) is 33.6 Å². The minimum atomic E-state index is -1.43. The maximum atomic E-state index is 13.6. The van der Waals surface area contributed by atoms with Crippen molar-refractivity contribution in [1.82, 2.24) is 0 Å². The summed E-state index contributed by atoms with van der Waals surface area (Å²) in [6, 6.07) is 1.86. The van der Waals surface area contributed by atoms with E-state index in [1.54, 1.807) is 11.9 Å². The van der Waals surface area contributed by atoms with Gasteiger partial charge in [0.25, 0.3) is 5.69 Å². The summed E-state index contributed by atoms with van der Waals surface area (Å²) in [4.78, 5) is 23.0. The number of carboxylic acid groups (broad SMARTS) is 1. The predicted molar refractivity (Wildman–Crippen MR) is 70.7 cm³/mol. The molecule has 20 heavy (non-hydrogen) atoms. The van der Waals surface area contributed by atoms with Crippen LogP contribution in [0.2, 0.25) is 0 Å². The minimum absolute atomic E-state index is 0.126. The first-order chi connectivity index (χ1) is 9.41. The van der Waals surface area contributed by atoms with Crippen molar-refractivity contribution in [2.75, 3.05) is 11.9 Å². The van der Waals surface area contributed by atoms with E-state index in [4.69, 9.17) is 5.11 Å². The van der Waals surface area contributed by atoms with Crippen LogP contribution in [0.5, 0.6) is 0 Å². The lowest BCUT2D eigenvalue weighted by molar-refractivity contribution is -0.384. The number of carbonyl (C=O) groups is 1. The van der Waals surface area contributed by atoms with E-state index in [0.29, 0.717) is 6.07 Å². The Morgan fingerprint density at radius 1 is 1.45 bits per heavy atom. The van der Waals surface area contributed by atoms with Crippen LogP contribution in [0.3, 0.4) is 0 Å². The lowest BCUT2D eigenvalue weighted by Crippen LogP contribution is -2.29. The van der Waals surface area contributed by atoms with Gasteiger partial charge in [0, 0.05) is 13.1 Å². The number of nitro groups is 1. The topological polar surface area (TPSA) is 83.7 Å². The largest absolute Gasteiger partial charge is 0.478 e. The summed E-state index contributed by atoms with van der Waals surface area (Å²) in [6.07, 6.45) is 3.87. The van der Waals surface area contributed by atoms with Crippen LogP contribution in [0, 0.1) is 15.9 Å². The zero-order valence-corrected chi connectivity index (χ0v) is 11.0. The average Bonchev–Trinajstić information content (AvgIpc) is 2.90. The number of hydrogen-bond donors (Lipinski definition) is 1. The third-order valence-electron chi connectivity index (χ3n) is 3.74. The van der Waals surface area contributed by atoms with E-state index in [1.165, 1.54) is 0 Å². The normalized spacial score (nSPS) is 15.3. The fourth-order valence-corrected chi connectivity index (χ4v) is 2.63. The first-order valence-electron chi connectivity index (χ1n) is 6.36. The SMILES string of the molecule is CN(c1cc(C(=O)O)c(F)cc1[N+](=O)[O-])C1CCCC1. The molecule has 1 aromatic rings. The fourth-order valence-electron chi connectivity index (χ4n) is 2.63. The molecular weight excluding hydrogens is 267 g/mol. The molecule has 0 aromatic heterocycles. The second kappa shape index (κ2) is 5.44. The van der Waals surface area contributed by atoms with Crippen LogP contribution >= 0.6 is 0 Å². The minimum Gasteiger partial charge on any atom is -0.478 e. The predicted octanol–water partition coefficient (Wildman–Crippen LogP) is 2.81. The quantitative estimate of drug-likeness (QED) is 0.678. The number of carboxylic acids is 1. The van der Waals surface area contributed by atoms with Crippen molar-refractivity contribution in [2.45, 2.75) is 31.7 Å². The van der Waals surface area contributed by atoms with Crippen LogP contribution in [0.25, 0.3) is 0 Å². The summed E-state index contributed by atoms with van der Waals surface area (Å²) in [5, 5.41) is 20.0. The number of benzene rings is 1. The van der Waals surface area contributed by atoms with Crippen molar-refractivity contribution in [1.29, 1.82) is 0 Å². The van der Waals surface area contributed by atoms with Gasteiger partial charge in [-0.1, -0.05) is 12.8 Å². The van der Waals surface area contributed by atoms with Crippen LogP contribution in [-0.2, 0) is 0 Å². The number of nitrogens with zero attached hydrogens (tertiary/aromatic N) is 2. The Kier molecular flexibility index (Phi) is 3.87. The van der Waals surface area contributed by atoms with E-state index in [0.717, 1.165) is 31.7 Å². The molecule has 0 bridgehead atoms. The smallest absolute Gasteiger partial charge is 0.338 e. The Morgan fingerprint density at radius 3 is 2.55 bits per heavy atom. The molecule has 7 heteroatoms. The second-order valence-electron chi connectivity index (χ2n) is 4.93. The Morgan fingerprint density at radius 2 is 2.05 bits per heavy atom. The van der Waals surface area contributed by atoms with Crippen molar-refractivity contribution < 1.29 is 19.2 Å². The Bertz CT molecular complexity index is 556. The van der Waals surface area contributed by atoms with Gasteiger partial charge in [-0.25, -0.2) is 9.18 Å². The van der Waals surface area contributed by atoms with Crippen LogP contribution in [0.15, 0.2) is 12.1 Å². The van der Waals surface area contributed by atoms with E-state index in [9.17, 15) is 19.3 Å². The number of hydrogen-bond acceptors (Lipinski definition) is 4. The molecule has 0 aliphatic heterocycles. The van der Waals surface area contributed by atoms with Crippen molar-refractivity contribution in [3.63, 3.8) is 0 Å². The summed E-state index contributed by atoms with van der Waals surface area (Å²) in [5.74, 6) is -2.52. The van der Waals surface area contributed by atoms with Gasteiger partial charge < -0.3 is 10.0 Å². The van der Waals surface area contributed by atoms with E-state index >= 15 is 0 Å². The average molecular weight is 282 g/mol. The number of anilines is 1. The van der Waals surface area contributed by atoms with E-state index in [1.807, 2.05) is 0 Å². The molecule has 0 atom stereocenters. The molecule has 1 N–H and O–H groups in total. The molecule has 6 nitrogen and oxygen atoms in total. The highest BCUT2D eigenvalue weighted by Crippen LogP contribution is 2.35. The van der Waals surface area contributed by atoms with Gasteiger partial charge in [-0.05, 0) is 18.9 Å². The fraction of sp³-hybridized carbons (Fsp3) is 0.462. The lowest BCUT2D eigenvalue weighted by Gasteiger charge is -2.26. The molecule has 108 valence electrons. The third kappa shape index (κ3) is 2.56. The zero-order chi connectivity index (χ0) is 14.9. The highest BCUT2D eigenvalue weighted by atomic mass is 19.1. The summed E-state index contributed by atoms with van der Waals surface area (Å²) < 4.78 is 13.6. The molecule has 0 saturated heterocycles. The molecule has 1 aliphatic carbocycles. The Balaban J connectivity index is 2.50. The highest BCUT2D eigenvalue weighted by Gasteiger charge is 2.28. The summed E-state index contributed by atoms with van der Waals surface area (Å²) >= 11 is 0. The highest BCUT2D eigenvalue weighted by molar-refractivity contribution is 5.90. The maximum Gasteiger partial charge on any atom is 0.338 e. The molecular formula is C13H15FN2O4. The molecule has 1 aliphatic rings. The van der Waals surface area contributed by atoms with E-state index < -0.39 is 28.0 Å². The number of rotatable bonds is 4. The van der Waals surface area contributed by atoms with Gasteiger partial charge in [-0.15, -0.1) is 0 Å². The first-order valence-corrected chi connectivity index (χ1v) is 6.36. The molecule has 1 saturated carbocycles. The molecule has 0 spiro atoms. The molecule has 0 heterocycles. The van der Waals surface area contributed by atoms with Gasteiger partial charge in [-0.3, -0.25) is 10.1 Å². The number of halogens is 1. The summed E-state index contributed by atoms with van der Waals surface area (Å²) in [5.41, 5.74) is -0.793. The monoisotopic (exact) mass is 282 g/mol.